The number of aliphatic hydroxyl groups excluding tert-OH is 2. The Morgan fingerprint density at radius 2 is 1.70 bits per heavy atom. The van der Waals surface area contributed by atoms with Gasteiger partial charge in [0, 0.05) is 44.0 Å². The molecule has 0 bridgehead atoms. The monoisotopic (exact) mass is 569 g/mol. The molecule has 0 unspecified atom stereocenters. The maximum atomic E-state index is 13.4. The molecule has 1 amide bonds. The van der Waals surface area contributed by atoms with Gasteiger partial charge in [0.2, 0.25) is 0 Å². The number of nitrogens with zero attached hydrogens (tertiary/aromatic N) is 2. The van der Waals surface area contributed by atoms with E-state index in [1.54, 1.807) is 6.07 Å². The van der Waals surface area contributed by atoms with Gasteiger partial charge in [-0.1, -0.05) is 12.1 Å². The molecule has 2 fully saturated rings. The van der Waals surface area contributed by atoms with Crippen molar-refractivity contribution in [2.45, 2.75) is 30.5 Å². The van der Waals surface area contributed by atoms with Crippen LogP contribution < -0.4 is 10.2 Å². The molecule has 2 aliphatic heterocycles. The molecule has 0 aliphatic carbocycles. The summed E-state index contributed by atoms with van der Waals surface area (Å²) >= 11 is 0. The summed E-state index contributed by atoms with van der Waals surface area (Å²) in [5, 5.41) is 23.1. The summed E-state index contributed by atoms with van der Waals surface area (Å²) in [4.78, 5) is 16.2. The zero-order valence-electron chi connectivity index (χ0n) is 19.6. The number of ether oxygens (including phenoxy) is 1. The van der Waals surface area contributed by atoms with E-state index in [1.807, 2.05) is 9.80 Å². The van der Waals surface area contributed by atoms with Gasteiger partial charge in [-0.25, -0.2) is 4.39 Å². The number of hydrogen-bond donors (Lipinski definition) is 3. The van der Waals surface area contributed by atoms with E-state index in [0.29, 0.717) is 31.9 Å². The number of piperazine rings is 1. The Balaban J connectivity index is 0.00000241. The van der Waals surface area contributed by atoms with Gasteiger partial charge in [0.05, 0.1) is 24.3 Å². The second-order valence-electron chi connectivity index (χ2n) is 8.67. The number of carbonyl (C=O) groups excluding carboxylic acids is 1. The number of alkyl halides is 3. The van der Waals surface area contributed by atoms with Gasteiger partial charge >= 0.3 is 6.18 Å². The third-order valence-corrected chi connectivity index (χ3v) is 6.47. The first-order chi connectivity index (χ1) is 16.7. The van der Waals surface area contributed by atoms with Crippen molar-refractivity contribution in [3.05, 3.63) is 65.5 Å². The van der Waals surface area contributed by atoms with Gasteiger partial charge in [0.25, 0.3) is 5.91 Å². The zero-order valence-corrected chi connectivity index (χ0v) is 21.2. The van der Waals surface area contributed by atoms with Crippen molar-refractivity contribution >= 4 is 36.4 Å². The van der Waals surface area contributed by atoms with Crippen LogP contribution in [0.2, 0.25) is 0 Å². The first kappa shape index (κ1) is 31.1. The largest absolute Gasteiger partial charge is 0.416 e. The van der Waals surface area contributed by atoms with Crippen LogP contribution in [-0.4, -0.2) is 84.7 Å². The van der Waals surface area contributed by atoms with Crippen molar-refractivity contribution in [3.63, 3.8) is 0 Å². The SMILES string of the molecule is Cl.Cl.O=C(NC[C@H]1O[C@@H](CO)[C@@H](O)[C@H]1N1CCN(c2cccc(C(F)(F)F)c2)CC1)c1cccc(F)c1. The van der Waals surface area contributed by atoms with Crippen LogP contribution in [0, 0.1) is 5.82 Å². The van der Waals surface area contributed by atoms with E-state index in [4.69, 9.17) is 4.74 Å². The minimum atomic E-state index is -4.42. The molecule has 2 saturated heterocycles. The zero-order chi connectivity index (χ0) is 25.2. The van der Waals surface area contributed by atoms with E-state index in [1.165, 1.54) is 24.3 Å². The van der Waals surface area contributed by atoms with Crippen LogP contribution in [0.1, 0.15) is 15.9 Å². The van der Waals surface area contributed by atoms with Crippen molar-refractivity contribution in [2.75, 3.05) is 44.2 Å². The van der Waals surface area contributed by atoms with Crippen LogP contribution in [0.3, 0.4) is 0 Å². The van der Waals surface area contributed by atoms with Gasteiger partial charge in [-0.15, -0.1) is 24.8 Å². The lowest BCUT2D eigenvalue weighted by atomic mass is 10.0. The van der Waals surface area contributed by atoms with E-state index < -0.39 is 54.4 Å². The quantitative estimate of drug-likeness (QED) is 0.464. The van der Waals surface area contributed by atoms with Gasteiger partial charge in [-0.05, 0) is 36.4 Å². The standard InChI is InChI=1S/C24H27F4N3O4.2ClH/c25-17-5-1-3-15(11-17)23(34)29-13-19-21(22(33)20(14-32)35-19)31-9-7-30(8-10-31)18-6-2-4-16(12-18)24(26,27)28;;/h1-6,11-12,19-22,32-33H,7-10,13-14H2,(H,29,34);2*1H/t19-,20+,21+,22-;;/m1../s1. The fourth-order valence-electron chi connectivity index (χ4n) is 4.68. The molecule has 0 saturated carbocycles. The summed E-state index contributed by atoms with van der Waals surface area (Å²) in [7, 11) is 0. The summed E-state index contributed by atoms with van der Waals surface area (Å²) in [6, 6.07) is 9.86. The Labute approximate surface area is 224 Å². The minimum Gasteiger partial charge on any atom is -0.394 e. The molecule has 0 aromatic heterocycles. The number of aliphatic hydroxyl groups is 2. The van der Waals surface area contributed by atoms with Crippen LogP contribution in [0.25, 0.3) is 0 Å². The molecule has 7 nitrogen and oxygen atoms in total. The number of halogens is 6. The molecule has 4 atom stereocenters. The summed E-state index contributed by atoms with van der Waals surface area (Å²) in [5.41, 5.74) is -0.0970. The molecule has 2 aromatic carbocycles. The van der Waals surface area contributed by atoms with Gasteiger partial charge in [0.1, 0.15) is 18.0 Å². The van der Waals surface area contributed by atoms with E-state index in [0.717, 1.165) is 18.2 Å². The highest BCUT2D eigenvalue weighted by Gasteiger charge is 2.46. The van der Waals surface area contributed by atoms with E-state index >= 15 is 0 Å². The van der Waals surface area contributed by atoms with E-state index in [2.05, 4.69) is 5.32 Å². The number of amides is 1. The Hall–Kier alpha value is -2.15. The number of carbonyl (C=O) groups is 1. The molecule has 2 heterocycles. The molecular formula is C24H29Cl2F4N3O4. The van der Waals surface area contributed by atoms with Crippen molar-refractivity contribution in [3.8, 4) is 0 Å². The molecule has 4 rings (SSSR count). The van der Waals surface area contributed by atoms with Crippen LogP contribution >= 0.6 is 24.8 Å². The molecule has 2 aliphatic rings. The van der Waals surface area contributed by atoms with Crippen LogP contribution in [0.15, 0.2) is 48.5 Å². The number of rotatable bonds is 6. The van der Waals surface area contributed by atoms with Crippen molar-refractivity contribution < 1.29 is 37.3 Å². The average molecular weight is 570 g/mol. The Bertz CT molecular complexity index is 1040. The molecular weight excluding hydrogens is 541 g/mol. The van der Waals surface area contributed by atoms with Gasteiger partial charge < -0.3 is 25.2 Å². The predicted molar refractivity (Wildman–Crippen MR) is 134 cm³/mol. The van der Waals surface area contributed by atoms with Crippen molar-refractivity contribution in [1.29, 1.82) is 0 Å². The summed E-state index contributed by atoms with van der Waals surface area (Å²) in [6.07, 6.45) is -6.92. The highest BCUT2D eigenvalue weighted by atomic mass is 35.5. The molecule has 3 N–H and O–H groups in total. The summed E-state index contributed by atoms with van der Waals surface area (Å²) in [5.74, 6) is -1.04. The third-order valence-electron chi connectivity index (χ3n) is 6.47. The Morgan fingerprint density at radius 1 is 1.03 bits per heavy atom. The first-order valence-electron chi connectivity index (χ1n) is 11.3. The topological polar surface area (TPSA) is 85.3 Å². The van der Waals surface area contributed by atoms with Gasteiger partial charge in [-0.3, -0.25) is 9.69 Å². The summed E-state index contributed by atoms with van der Waals surface area (Å²) < 4.78 is 58.5. The second-order valence-corrected chi connectivity index (χ2v) is 8.67. The van der Waals surface area contributed by atoms with Crippen molar-refractivity contribution in [1.82, 2.24) is 10.2 Å². The lowest BCUT2D eigenvalue weighted by molar-refractivity contribution is -0.137. The highest BCUT2D eigenvalue weighted by Crippen LogP contribution is 2.32. The lowest BCUT2D eigenvalue weighted by Gasteiger charge is -2.41. The maximum absolute atomic E-state index is 13.4. The number of nitrogens with one attached hydrogen (secondary N) is 1. The highest BCUT2D eigenvalue weighted by molar-refractivity contribution is 5.94. The van der Waals surface area contributed by atoms with Crippen LogP contribution in [0.4, 0.5) is 23.2 Å². The fraction of sp³-hybridized carbons (Fsp3) is 0.458. The van der Waals surface area contributed by atoms with Crippen molar-refractivity contribution in [2.24, 2.45) is 0 Å². The lowest BCUT2D eigenvalue weighted by Crippen LogP contribution is -2.57. The average Bonchev–Trinajstić information content (AvgIpc) is 3.17. The third kappa shape index (κ3) is 7.24. The van der Waals surface area contributed by atoms with Gasteiger partial charge in [-0.2, -0.15) is 13.2 Å². The molecule has 206 valence electrons. The van der Waals surface area contributed by atoms with Crippen LogP contribution in [-0.2, 0) is 10.9 Å². The van der Waals surface area contributed by atoms with E-state index in [-0.39, 0.29) is 36.9 Å². The number of hydrogen-bond acceptors (Lipinski definition) is 6. The van der Waals surface area contributed by atoms with Crippen LogP contribution in [0.5, 0.6) is 0 Å². The molecule has 2 aromatic rings. The minimum absolute atomic E-state index is 0. The first-order valence-corrected chi connectivity index (χ1v) is 11.3. The summed E-state index contributed by atoms with van der Waals surface area (Å²) in [6.45, 7) is 1.35. The number of benzene rings is 2. The number of anilines is 1. The molecule has 13 heteroatoms. The normalized spacial score (nSPS) is 24.2. The predicted octanol–water partition coefficient (Wildman–Crippen LogP) is 2.73. The molecule has 0 radical (unpaired) electrons. The second kappa shape index (κ2) is 13.1. The molecule has 0 spiro atoms. The van der Waals surface area contributed by atoms with Gasteiger partial charge in [0.15, 0.2) is 0 Å². The smallest absolute Gasteiger partial charge is 0.394 e. The Morgan fingerprint density at radius 3 is 2.32 bits per heavy atom. The Kier molecular flexibility index (Phi) is 11.0. The fourth-order valence-corrected chi connectivity index (χ4v) is 4.68. The molecule has 37 heavy (non-hydrogen) atoms. The van der Waals surface area contributed by atoms with E-state index in [9.17, 15) is 32.6 Å². The maximum Gasteiger partial charge on any atom is 0.416 e.